The van der Waals surface area contributed by atoms with E-state index in [1.54, 1.807) is 0 Å². The van der Waals surface area contributed by atoms with Gasteiger partial charge in [0.2, 0.25) is 0 Å². The van der Waals surface area contributed by atoms with E-state index in [1.807, 2.05) is 0 Å². The first-order valence-electron chi connectivity index (χ1n) is 1.71. The van der Waals surface area contributed by atoms with Crippen molar-refractivity contribution in [3.8, 4) is 0 Å². The molecule has 0 N–H and O–H groups in total. The lowest BCUT2D eigenvalue weighted by molar-refractivity contribution is 1.00. The van der Waals surface area contributed by atoms with Crippen molar-refractivity contribution in [2.45, 2.75) is 12.8 Å². The highest BCUT2D eigenvalue weighted by molar-refractivity contribution is 4.65. The van der Waals surface area contributed by atoms with Crippen molar-refractivity contribution in [1.29, 1.82) is 0 Å². The van der Waals surface area contributed by atoms with Crippen LogP contribution in [0, 0.1) is 20.3 Å². The SMILES string of the molecule is [CH2][C]CC[CH2]. The summed E-state index contributed by atoms with van der Waals surface area (Å²) in [6.45, 7) is 6.96. The molecule has 0 aliphatic heterocycles. The molecule has 0 bridgehead atoms. The largest absolute Gasteiger partial charge is 0.0533 e. The van der Waals surface area contributed by atoms with E-state index in [1.165, 1.54) is 0 Å². The van der Waals surface area contributed by atoms with Crippen molar-refractivity contribution in [2.75, 3.05) is 0 Å². The number of hydrogen-bond acceptors (Lipinski definition) is 0. The molecule has 0 saturated carbocycles. The Hall–Kier alpha value is 0. The molecule has 0 saturated heterocycles. The monoisotopic (exact) mass is 68.1 g/mol. The number of hydrogen-bond donors (Lipinski definition) is 0. The van der Waals surface area contributed by atoms with Crippen LogP contribution in [-0.2, 0) is 0 Å². The lowest BCUT2D eigenvalue weighted by Crippen LogP contribution is -1.61. The minimum absolute atomic E-state index is 0.917. The summed E-state index contributed by atoms with van der Waals surface area (Å²) in [6, 6.07) is 0. The van der Waals surface area contributed by atoms with Crippen LogP contribution in [0.5, 0.6) is 0 Å². The maximum atomic E-state index is 3.57. The van der Waals surface area contributed by atoms with E-state index in [4.69, 9.17) is 0 Å². The highest BCUT2D eigenvalue weighted by atomic mass is 13.7. The maximum absolute atomic E-state index is 3.57. The fraction of sp³-hybridized carbons (Fsp3) is 0.400. The molecule has 5 heavy (non-hydrogen) atoms. The van der Waals surface area contributed by atoms with Crippen molar-refractivity contribution in [2.24, 2.45) is 0 Å². The molecule has 0 spiro atoms. The zero-order valence-electron chi connectivity index (χ0n) is 3.33. The summed E-state index contributed by atoms with van der Waals surface area (Å²) in [6.07, 6.45) is 4.54. The Morgan fingerprint density at radius 1 is 1.60 bits per heavy atom. The Kier molecular flexibility index (Phi) is 4.00. The molecule has 0 heteroatoms. The molecule has 4 radical (unpaired) electrons. The first-order chi connectivity index (χ1) is 2.41. The first-order valence-corrected chi connectivity index (χ1v) is 1.71. The van der Waals surface area contributed by atoms with Gasteiger partial charge in [-0.3, -0.25) is 0 Å². The predicted octanol–water partition coefficient (Wildman–Crippen LogP) is 1.52. The topological polar surface area (TPSA) is 0 Å². The van der Waals surface area contributed by atoms with Crippen molar-refractivity contribution >= 4 is 0 Å². The average molecular weight is 68.1 g/mol. The van der Waals surface area contributed by atoms with Gasteiger partial charge in [0.25, 0.3) is 0 Å². The van der Waals surface area contributed by atoms with Crippen LogP contribution in [0.25, 0.3) is 0 Å². The van der Waals surface area contributed by atoms with Gasteiger partial charge in [0.05, 0.1) is 0 Å². The predicted molar refractivity (Wildman–Crippen MR) is 23.2 cm³/mol. The van der Waals surface area contributed by atoms with E-state index in [2.05, 4.69) is 20.3 Å². The van der Waals surface area contributed by atoms with Crippen molar-refractivity contribution < 1.29 is 0 Å². The lowest BCUT2D eigenvalue weighted by Gasteiger charge is -1.77. The number of rotatable bonds is 2. The van der Waals surface area contributed by atoms with Crippen LogP contribution in [0.15, 0.2) is 0 Å². The summed E-state index contributed by atoms with van der Waals surface area (Å²) in [5, 5.41) is 0. The van der Waals surface area contributed by atoms with Gasteiger partial charge >= 0.3 is 0 Å². The third-order valence-electron chi connectivity index (χ3n) is 0.354. The molecule has 0 aromatic rings. The highest BCUT2D eigenvalue weighted by Crippen LogP contribution is 1.85. The molecule has 0 aliphatic carbocycles. The minimum Gasteiger partial charge on any atom is -0.0533 e. The Bertz CT molecular complexity index is 7.51. The van der Waals surface area contributed by atoms with Gasteiger partial charge in [-0.2, -0.15) is 0 Å². The highest BCUT2D eigenvalue weighted by Gasteiger charge is 1.69. The smallest absolute Gasteiger partial charge is 0.0173 e. The Balaban J connectivity index is 2.19. The molecule has 0 unspecified atom stereocenters. The van der Waals surface area contributed by atoms with Crippen LogP contribution >= 0.6 is 0 Å². The van der Waals surface area contributed by atoms with Crippen LogP contribution in [0.2, 0.25) is 0 Å². The van der Waals surface area contributed by atoms with E-state index in [0.717, 1.165) is 12.8 Å². The fourth-order valence-corrected chi connectivity index (χ4v) is 0.125. The minimum atomic E-state index is 0.917. The summed E-state index contributed by atoms with van der Waals surface area (Å²) < 4.78 is 0. The van der Waals surface area contributed by atoms with Gasteiger partial charge in [-0.05, 0) is 19.8 Å². The van der Waals surface area contributed by atoms with Gasteiger partial charge in [0.15, 0.2) is 0 Å². The molecule has 0 aromatic heterocycles. The lowest BCUT2D eigenvalue weighted by atomic mass is 10.3. The molecule has 28 valence electrons. The second kappa shape index (κ2) is 4.00. The average Bonchev–Trinajstić information content (AvgIpc) is 1.41. The normalized spacial score (nSPS) is 8.40. The van der Waals surface area contributed by atoms with Gasteiger partial charge in [0, 0.05) is 0 Å². The fourth-order valence-electron chi connectivity index (χ4n) is 0.125. The van der Waals surface area contributed by atoms with Gasteiger partial charge in [0.1, 0.15) is 0 Å². The molecule has 0 aliphatic rings. The number of unbranched alkanes of at least 4 members (excludes halogenated alkanes) is 2. The van der Waals surface area contributed by atoms with Crippen LogP contribution in [-0.4, -0.2) is 0 Å². The van der Waals surface area contributed by atoms with Crippen molar-refractivity contribution in [1.82, 2.24) is 0 Å². The standard InChI is InChI=1S/C5H8/c1-3-5-4-2/h1-3,5H2. The van der Waals surface area contributed by atoms with Crippen LogP contribution < -0.4 is 0 Å². The molecular formula is C5H8. The van der Waals surface area contributed by atoms with Gasteiger partial charge in [-0.15, -0.1) is 0 Å². The van der Waals surface area contributed by atoms with E-state index in [9.17, 15) is 0 Å². The van der Waals surface area contributed by atoms with Crippen LogP contribution in [0.1, 0.15) is 12.8 Å². The van der Waals surface area contributed by atoms with Gasteiger partial charge < -0.3 is 0 Å². The van der Waals surface area contributed by atoms with E-state index in [0.29, 0.717) is 0 Å². The quantitative estimate of drug-likeness (QED) is 0.460. The van der Waals surface area contributed by atoms with Gasteiger partial charge in [-0.1, -0.05) is 13.3 Å². The molecule has 0 fully saturated rings. The molecule has 0 amide bonds. The zero-order valence-corrected chi connectivity index (χ0v) is 3.33. The molecule has 0 heterocycles. The summed E-state index contributed by atoms with van der Waals surface area (Å²) >= 11 is 0. The second-order valence-corrected chi connectivity index (χ2v) is 0.854. The summed E-state index contributed by atoms with van der Waals surface area (Å²) in [5.74, 6) is 0. The summed E-state index contributed by atoms with van der Waals surface area (Å²) in [4.78, 5) is 0. The Labute approximate surface area is 34.2 Å². The summed E-state index contributed by atoms with van der Waals surface area (Å²) in [5.41, 5.74) is 0. The Morgan fingerprint density at radius 3 is 2.20 bits per heavy atom. The zero-order chi connectivity index (χ0) is 4.12. The maximum Gasteiger partial charge on any atom is -0.0173 e. The molecule has 0 rings (SSSR count). The third kappa shape index (κ3) is 4.00. The van der Waals surface area contributed by atoms with E-state index >= 15 is 0 Å². The van der Waals surface area contributed by atoms with Gasteiger partial charge in [-0.25, -0.2) is 0 Å². The molecule has 0 aromatic carbocycles. The summed E-state index contributed by atoms with van der Waals surface area (Å²) in [7, 11) is 0. The molecule has 0 atom stereocenters. The third-order valence-corrected chi connectivity index (χ3v) is 0.354. The van der Waals surface area contributed by atoms with E-state index < -0.39 is 0 Å². The first kappa shape index (κ1) is 5.00. The van der Waals surface area contributed by atoms with E-state index in [-0.39, 0.29) is 0 Å². The molecule has 0 nitrogen and oxygen atoms in total. The van der Waals surface area contributed by atoms with Crippen molar-refractivity contribution in [3.63, 3.8) is 0 Å². The van der Waals surface area contributed by atoms with Crippen LogP contribution in [0.4, 0.5) is 0 Å². The molecular weight excluding hydrogens is 60.1 g/mol. The van der Waals surface area contributed by atoms with Crippen molar-refractivity contribution in [3.05, 3.63) is 20.3 Å². The van der Waals surface area contributed by atoms with Crippen LogP contribution in [0.3, 0.4) is 0 Å². The second-order valence-electron chi connectivity index (χ2n) is 0.854. The Morgan fingerprint density at radius 2 is 2.20 bits per heavy atom.